The van der Waals surface area contributed by atoms with Gasteiger partial charge in [-0.15, -0.1) is 0 Å². The molecule has 5 N–H and O–H groups in total. The molecule has 0 bridgehead atoms. The number of hydrogen-bond acceptors (Lipinski definition) is 5. The van der Waals surface area contributed by atoms with Gasteiger partial charge in [-0.25, -0.2) is 4.68 Å². The van der Waals surface area contributed by atoms with E-state index in [1.807, 2.05) is 29.2 Å². The molecule has 2 aromatic rings. The Bertz CT molecular complexity index is 1100. The number of aliphatic hydroxyl groups excluding tert-OH is 1. The highest BCUT2D eigenvalue weighted by molar-refractivity contribution is 6.03. The lowest BCUT2D eigenvalue weighted by Gasteiger charge is -2.52. The van der Waals surface area contributed by atoms with Crippen molar-refractivity contribution in [2.75, 3.05) is 18.8 Å². The molecule has 1 aromatic heterocycles. The molecule has 1 spiro atoms. The van der Waals surface area contributed by atoms with Crippen LogP contribution in [0.3, 0.4) is 0 Å². The van der Waals surface area contributed by atoms with Crippen LogP contribution in [0.1, 0.15) is 66.6 Å². The van der Waals surface area contributed by atoms with Gasteiger partial charge in [0.15, 0.2) is 0 Å². The maximum Gasteiger partial charge on any atom is 0.254 e. The fraction of sp³-hybridized carbons (Fsp3) is 0.480. The maximum atomic E-state index is 12.3. The molecule has 3 fully saturated rings. The molecule has 2 amide bonds. The van der Waals surface area contributed by atoms with Crippen molar-refractivity contribution >= 4 is 17.6 Å². The molecule has 33 heavy (non-hydrogen) atoms. The Labute approximate surface area is 193 Å². The summed E-state index contributed by atoms with van der Waals surface area (Å²) < 4.78 is 1.74. The number of primary amides is 1. The molecule has 8 heteroatoms. The Morgan fingerprint density at radius 3 is 2.55 bits per heavy atom. The number of aliphatic hydroxyl groups is 1. The number of anilines is 1. The van der Waals surface area contributed by atoms with Gasteiger partial charge in [-0.3, -0.25) is 9.59 Å². The van der Waals surface area contributed by atoms with Gasteiger partial charge >= 0.3 is 0 Å². The minimum Gasteiger partial charge on any atom is -0.388 e. The van der Waals surface area contributed by atoms with Crippen molar-refractivity contribution in [2.45, 2.75) is 50.7 Å². The maximum absolute atomic E-state index is 12.3. The molecule has 3 aliphatic rings. The number of amides is 2. The molecule has 8 nitrogen and oxygen atoms in total. The molecule has 2 heterocycles. The van der Waals surface area contributed by atoms with Gasteiger partial charge in [-0.05, 0) is 61.5 Å². The van der Waals surface area contributed by atoms with Crippen LogP contribution in [-0.2, 0) is 4.79 Å². The SMILES string of the molecule is C=CC(=O)N1CCC[C@]2(C1)C[C@@H](n1nc(-c3ccc(C(O)C4CC4)cc3)c(C(N)=O)c1N)C2. The van der Waals surface area contributed by atoms with Gasteiger partial charge in [-0.2, -0.15) is 5.10 Å². The lowest BCUT2D eigenvalue weighted by Crippen LogP contribution is -2.52. The Morgan fingerprint density at radius 2 is 1.94 bits per heavy atom. The Balaban J connectivity index is 1.38. The van der Waals surface area contributed by atoms with E-state index in [0.29, 0.717) is 11.6 Å². The number of aromatic nitrogens is 2. The number of nitrogens with zero attached hydrogens (tertiary/aromatic N) is 3. The predicted molar refractivity (Wildman–Crippen MR) is 125 cm³/mol. The second-order valence-electron chi connectivity index (χ2n) is 9.95. The van der Waals surface area contributed by atoms with Crippen LogP contribution in [0.5, 0.6) is 0 Å². The molecule has 1 saturated heterocycles. The van der Waals surface area contributed by atoms with E-state index in [-0.39, 0.29) is 28.7 Å². The van der Waals surface area contributed by atoms with E-state index in [0.717, 1.165) is 62.7 Å². The first-order chi connectivity index (χ1) is 15.8. The van der Waals surface area contributed by atoms with Crippen molar-refractivity contribution < 1.29 is 14.7 Å². The summed E-state index contributed by atoms with van der Waals surface area (Å²) in [5.74, 6) is -0.000407. The first kappa shape index (κ1) is 21.7. The highest BCUT2D eigenvalue weighted by Gasteiger charge is 2.49. The van der Waals surface area contributed by atoms with E-state index in [9.17, 15) is 14.7 Å². The summed E-state index contributed by atoms with van der Waals surface area (Å²) in [6, 6.07) is 7.54. The summed E-state index contributed by atoms with van der Waals surface area (Å²) in [5, 5.41) is 15.1. The summed E-state index contributed by atoms with van der Waals surface area (Å²) in [4.78, 5) is 26.2. The average Bonchev–Trinajstić information content (AvgIpc) is 3.59. The largest absolute Gasteiger partial charge is 0.388 e. The van der Waals surface area contributed by atoms with Crippen LogP contribution in [0.25, 0.3) is 11.3 Å². The molecule has 1 aliphatic heterocycles. The third-order valence-electron chi connectivity index (χ3n) is 7.62. The fourth-order valence-corrected chi connectivity index (χ4v) is 5.66. The first-order valence-corrected chi connectivity index (χ1v) is 11.7. The van der Waals surface area contributed by atoms with Crippen LogP contribution in [0.15, 0.2) is 36.9 Å². The molecule has 2 saturated carbocycles. The highest BCUT2D eigenvalue weighted by Crippen LogP contribution is 2.54. The zero-order chi connectivity index (χ0) is 23.3. The van der Waals surface area contributed by atoms with Crippen molar-refractivity contribution in [3.05, 3.63) is 48.0 Å². The topological polar surface area (TPSA) is 127 Å². The molecule has 1 atom stereocenters. The van der Waals surface area contributed by atoms with E-state index in [1.165, 1.54) is 6.08 Å². The summed E-state index contributed by atoms with van der Waals surface area (Å²) in [5.41, 5.74) is 14.4. The third-order valence-corrected chi connectivity index (χ3v) is 7.62. The number of carbonyl (C=O) groups is 2. The summed E-state index contributed by atoms with van der Waals surface area (Å²) in [6.45, 7) is 5.09. The molecular weight excluding hydrogens is 418 g/mol. The lowest BCUT2D eigenvalue weighted by molar-refractivity contribution is -0.132. The second kappa shape index (κ2) is 8.02. The van der Waals surface area contributed by atoms with Crippen molar-refractivity contribution in [2.24, 2.45) is 17.1 Å². The summed E-state index contributed by atoms with van der Waals surface area (Å²) in [6.07, 6.45) is 6.76. The minimum atomic E-state index is -0.606. The van der Waals surface area contributed by atoms with Crippen LogP contribution in [-0.4, -0.2) is 44.7 Å². The van der Waals surface area contributed by atoms with Gasteiger partial charge in [0.05, 0.1) is 12.1 Å². The number of hydrogen-bond donors (Lipinski definition) is 3. The molecule has 1 unspecified atom stereocenters. The average molecular weight is 450 g/mol. The smallest absolute Gasteiger partial charge is 0.254 e. The predicted octanol–water partition coefficient (Wildman–Crippen LogP) is 2.80. The van der Waals surface area contributed by atoms with Crippen molar-refractivity contribution in [1.29, 1.82) is 0 Å². The third kappa shape index (κ3) is 3.82. The van der Waals surface area contributed by atoms with E-state index in [1.54, 1.807) is 4.68 Å². The number of rotatable bonds is 6. The van der Waals surface area contributed by atoms with Gasteiger partial charge in [0.2, 0.25) is 5.91 Å². The van der Waals surface area contributed by atoms with Crippen LogP contribution >= 0.6 is 0 Å². The fourth-order valence-electron chi connectivity index (χ4n) is 5.66. The van der Waals surface area contributed by atoms with Gasteiger partial charge in [0.1, 0.15) is 17.1 Å². The summed E-state index contributed by atoms with van der Waals surface area (Å²) in [7, 11) is 0. The molecule has 1 aromatic carbocycles. The number of likely N-dealkylation sites (tertiary alicyclic amines) is 1. The van der Waals surface area contributed by atoms with Crippen LogP contribution < -0.4 is 11.5 Å². The quantitative estimate of drug-likeness (QED) is 0.584. The Morgan fingerprint density at radius 1 is 1.24 bits per heavy atom. The number of carbonyl (C=O) groups excluding carboxylic acids is 2. The van der Waals surface area contributed by atoms with Crippen LogP contribution in [0, 0.1) is 11.3 Å². The monoisotopic (exact) mass is 449 g/mol. The van der Waals surface area contributed by atoms with E-state index in [4.69, 9.17) is 16.6 Å². The number of piperidine rings is 1. The lowest BCUT2D eigenvalue weighted by atomic mass is 9.61. The molecule has 5 rings (SSSR count). The molecule has 2 aliphatic carbocycles. The standard InChI is InChI=1S/C25H31N5O3/c1-2-19(31)29-11-3-10-25(14-29)12-18(13-25)30-23(26)20(24(27)33)21(28-30)15-4-6-16(7-5-15)22(32)17-8-9-17/h2,4-7,17-18,22,32H,1,3,8-14,26H2,(H2,27,33)/t18-,22?,25+. The van der Waals surface area contributed by atoms with E-state index < -0.39 is 12.0 Å². The number of benzene rings is 1. The minimum absolute atomic E-state index is 0.0234. The zero-order valence-electron chi connectivity index (χ0n) is 18.7. The summed E-state index contributed by atoms with van der Waals surface area (Å²) >= 11 is 0. The van der Waals surface area contributed by atoms with Gasteiger partial charge in [0, 0.05) is 18.7 Å². The first-order valence-electron chi connectivity index (χ1n) is 11.7. The number of nitrogen functional groups attached to an aromatic ring is 1. The molecular formula is C25H31N5O3. The molecule has 0 radical (unpaired) electrons. The Hall–Kier alpha value is -3.13. The highest BCUT2D eigenvalue weighted by atomic mass is 16.3. The second-order valence-corrected chi connectivity index (χ2v) is 9.95. The van der Waals surface area contributed by atoms with Crippen molar-refractivity contribution in [1.82, 2.24) is 14.7 Å². The van der Waals surface area contributed by atoms with E-state index >= 15 is 0 Å². The Kier molecular flexibility index (Phi) is 5.28. The number of nitrogens with two attached hydrogens (primary N) is 2. The zero-order valence-corrected chi connectivity index (χ0v) is 18.7. The van der Waals surface area contributed by atoms with Crippen LogP contribution in [0.4, 0.5) is 5.82 Å². The van der Waals surface area contributed by atoms with Gasteiger partial charge in [-0.1, -0.05) is 30.8 Å². The van der Waals surface area contributed by atoms with Gasteiger partial charge < -0.3 is 21.5 Å². The normalized spacial score (nSPS) is 25.5. The van der Waals surface area contributed by atoms with Gasteiger partial charge in [0.25, 0.3) is 5.91 Å². The molecule has 174 valence electrons. The van der Waals surface area contributed by atoms with E-state index in [2.05, 4.69) is 6.58 Å². The van der Waals surface area contributed by atoms with Crippen molar-refractivity contribution in [3.63, 3.8) is 0 Å². The van der Waals surface area contributed by atoms with Crippen LogP contribution in [0.2, 0.25) is 0 Å². The van der Waals surface area contributed by atoms with Crippen molar-refractivity contribution in [3.8, 4) is 11.3 Å².